The first-order valence-corrected chi connectivity index (χ1v) is 2.22. The smallest absolute Gasteiger partial charge is 0.265 e. The highest BCUT2D eigenvalue weighted by Gasteiger charge is 2.55. The van der Waals surface area contributed by atoms with Gasteiger partial charge in [0.1, 0.15) is 0 Å². The van der Waals surface area contributed by atoms with Crippen molar-refractivity contribution in [1.29, 1.82) is 0 Å². The zero-order valence-corrected chi connectivity index (χ0v) is 4.04. The Balaban J connectivity index is 2.30. The maximum absolute atomic E-state index is 11.7. The maximum atomic E-state index is 11.7. The molecule has 0 aliphatic heterocycles. The van der Waals surface area contributed by atoms with Gasteiger partial charge in [0.25, 0.3) is 5.92 Å². The van der Waals surface area contributed by atoms with E-state index in [1.54, 1.807) is 7.05 Å². The van der Waals surface area contributed by atoms with Crippen LogP contribution in [0.1, 0.15) is 6.42 Å². The summed E-state index contributed by atoms with van der Waals surface area (Å²) in [4.78, 5) is 0. The predicted octanol–water partition coefficient (Wildman–Crippen LogP) is 0.613. The molecule has 0 amide bonds. The lowest BCUT2D eigenvalue weighted by Gasteiger charge is -1.90. The molecule has 1 unspecified atom stereocenters. The highest BCUT2D eigenvalue weighted by Crippen LogP contribution is 2.41. The van der Waals surface area contributed by atoms with Crippen LogP contribution in [0.2, 0.25) is 0 Å². The minimum atomic E-state index is -2.39. The highest BCUT2D eigenvalue weighted by molar-refractivity contribution is 5.00. The van der Waals surface area contributed by atoms with E-state index in [9.17, 15) is 8.78 Å². The molecule has 7 heavy (non-hydrogen) atoms. The Morgan fingerprint density at radius 1 is 1.71 bits per heavy atom. The molecule has 0 aromatic carbocycles. The van der Waals surface area contributed by atoms with Gasteiger partial charge in [-0.2, -0.15) is 0 Å². The monoisotopic (exact) mass is 107 g/mol. The second kappa shape index (κ2) is 1.15. The predicted molar refractivity (Wildman–Crippen MR) is 22.4 cm³/mol. The van der Waals surface area contributed by atoms with Crippen LogP contribution in [-0.2, 0) is 0 Å². The minimum Gasteiger partial charge on any atom is -0.312 e. The average Bonchev–Trinajstić information content (AvgIpc) is 2.13. The van der Waals surface area contributed by atoms with Crippen LogP contribution in [0.3, 0.4) is 0 Å². The van der Waals surface area contributed by atoms with Gasteiger partial charge >= 0.3 is 0 Å². The van der Waals surface area contributed by atoms with Gasteiger partial charge < -0.3 is 5.32 Å². The summed E-state index contributed by atoms with van der Waals surface area (Å²) in [6.45, 7) is 0. The van der Waals surface area contributed by atoms with E-state index in [1.807, 2.05) is 0 Å². The number of hydrogen-bond acceptors (Lipinski definition) is 1. The van der Waals surface area contributed by atoms with Gasteiger partial charge in [-0.05, 0) is 7.05 Å². The molecule has 0 bridgehead atoms. The van der Waals surface area contributed by atoms with E-state index in [1.165, 1.54) is 0 Å². The van der Waals surface area contributed by atoms with Crippen LogP contribution in [0.4, 0.5) is 8.78 Å². The second-order valence-corrected chi connectivity index (χ2v) is 1.81. The molecule has 0 aromatic heterocycles. The zero-order valence-electron chi connectivity index (χ0n) is 4.04. The molecule has 1 nitrogen and oxygen atoms in total. The van der Waals surface area contributed by atoms with Gasteiger partial charge in [0.15, 0.2) is 0 Å². The summed E-state index contributed by atoms with van der Waals surface area (Å²) < 4.78 is 23.5. The van der Waals surface area contributed by atoms with Crippen molar-refractivity contribution < 1.29 is 8.78 Å². The Bertz CT molecular complexity index is 81.8. The van der Waals surface area contributed by atoms with E-state index in [2.05, 4.69) is 5.32 Å². The van der Waals surface area contributed by atoms with E-state index in [0.717, 1.165) is 0 Å². The fraction of sp³-hybridized carbons (Fsp3) is 1.00. The van der Waals surface area contributed by atoms with E-state index in [0.29, 0.717) is 0 Å². The molecule has 1 fully saturated rings. The fourth-order valence-electron chi connectivity index (χ4n) is 0.526. The summed E-state index contributed by atoms with van der Waals surface area (Å²) in [6.07, 6.45) is 0.0174. The third kappa shape index (κ3) is 0.725. The molecule has 1 atom stereocenters. The molecular weight excluding hydrogens is 100 g/mol. The van der Waals surface area contributed by atoms with Crippen molar-refractivity contribution in [1.82, 2.24) is 5.32 Å². The molecule has 0 radical (unpaired) electrons. The summed E-state index contributed by atoms with van der Waals surface area (Å²) in [5.74, 6) is -2.39. The molecule has 0 aromatic rings. The van der Waals surface area contributed by atoms with Crippen LogP contribution >= 0.6 is 0 Å². The third-order valence-corrected chi connectivity index (χ3v) is 1.17. The van der Waals surface area contributed by atoms with Gasteiger partial charge in [-0.15, -0.1) is 0 Å². The molecule has 1 aliphatic carbocycles. The lowest BCUT2D eigenvalue weighted by atomic mass is 10.7. The summed E-state index contributed by atoms with van der Waals surface area (Å²) in [7, 11) is 1.55. The molecule has 1 rings (SSSR count). The Hall–Kier alpha value is -0.180. The molecule has 1 saturated carbocycles. The van der Waals surface area contributed by atoms with E-state index in [4.69, 9.17) is 0 Å². The first kappa shape index (κ1) is 4.97. The molecule has 42 valence electrons. The molecule has 3 heteroatoms. The van der Waals surface area contributed by atoms with Crippen molar-refractivity contribution in [2.75, 3.05) is 7.05 Å². The molecule has 1 aliphatic rings. The Morgan fingerprint density at radius 3 is 2.14 bits per heavy atom. The van der Waals surface area contributed by atoms with Crippen molar-refractivity contribution in [3.8, 4) is 0 Å². The van der Waals surface area contributed by atoms with Gasteiger partial charge in [-0.1, -0.05) is 0 Å². The number of halogens is 2. The first-order valence-electron chi connectivity index (χ1n) is 2.22. The van der Waals surface area contributed by atoms with Gasteiger partial charge in [0, 0.05) is 6.42 Å². The summed E-state index contributed by atoms with van der Waals surface area (Å²) >= 11 is 0. The zero-order chi connectivity index (χ0) is 5.49. The molecular formula is C4H7F2N. The molecule has 0 saturated heterocycles. The lowest BCUT2D eigenvalue weighted by Crippen LogP contribution is -2.15. The van der Waals surface area contributed by atoms with Gasteiger partial charge in [-0.25, -0.2) is 8.78 Å². The highest BCUT2D eigenvalue weighted by atomic mass is 19.3. The second-order valence-electron chi connectivity index (χ2n) is 1.81. The lowest BCUT2D eigenvalue weighted by molar-refractivity contribution is 0.108. The quantitative estimate of drug-likeness (QED) is 0.517. The Morgan fingerprint density at radius 2 is 2.14 bits per heavy atom. The van der Waals surface area contributed by atoms with Crippen molar-refractivity contribution in [2.24, 2.45) is 0 Å². The molecule has 0 spiro atoms. The fourth-order valence-corrected chi connectivity index (χ4v) is 0.526. The topological polar surface area (TPSA) is 12.0 Å². The largest absolute Gasteiger partial charge is 0.312 e. The van der Waals surface area contributed by atoms with Crippen molar-refractivity contribution in [2.45, 2.75) is 18.4 Å². The summed E-state index contributed by atoms with van der Waals surface area (Å²) in [5.41, 5.74) is 0. The van der Waals surface area contributed by atoms with Crippen LogP contribution in [0, 0.1) is 0 Å². The van der Waals surface area contributed by atoms with Crippen LogP contribution in [0.25, 0.3) is 0 Å². The van der Waals surface area contributed by atoms with Gasteiger partial charge in [-0.3, -0.25) is 0 Å². The normalized spacial score (nSPS) is 35.6. The average molecular weight is 107 g/mol. The first-order chi connectivity index (χ1) is 3.17. The van der Waals surface area contributed by atoms with Crippen molar-refractivity contribution in [3.63, 3.8) is 0 Å². The minimum absolute atomic E-state index is 0.0174. The number of hydrogen-bond donors (Lipinski definition) is 1. The van der Waals surface area contributed by atoms with Crippen LogP contribution in [-0.4, -0.2) is 19.0 Å². The van der Waals surface area contributed by atoms with Crippen LogP contribution < -0.4 is 5.32 Å². The van der Waals surface area contributed by atoms with E-state index < -0.39 is 12.0 Å². The Labute approximate surface area is 40.7 Å². The van der Waals surface area contributed by atoms with Crippen LogP contribution in [0.15, 0.2) is 0 Å². The third-order valence-electron chi connectivity index (χ3n) is 1.17. The number of rotatable bonds is 1. The molecule has 1 N–H and O–H groups in total. The number of alkyl halides is 2. The SMILES string of the molecule is CNC1CC1(F)F. The molecule has 0 heterocycles. The standard InChI is InChI=1S/C4H7F2N/c1-7-3-2-4(3,5)6/h3,7H,2H2,1H3. The van der Waals surface area contributed by atoms with Crippen LogP contribution in [0.5, 0.6) is 0 Å². The summed E-state index contributed by atoms with van der Waals surface area (Å²) in [5, 5.41) is 2.48. The van der Waals surface area contributed by atoms with Gasteiger partial charge in [0.2, 0.25) is 0 Å². The summed E-state index contributed by atoms with van der Waals surface area (Å²) in [6, 6.07) is -0.535. The van der Waals surface area contributed by atoms with E-state index in [-0.39, 0.29) is 6.42 Å². The van der Waals surface area contributed by atoms with E-state index >= 15 is 0 Å². The Kier molecular flexibility index (Phi) is 0.819. The maximum Gasteiger partial charge on any atom is 0.265 e. The van der Waals surface area contributed by atoms with Gasteiger partial charge in [0.05, 0.1) is 6.04 Å². The van der Waals surface area contributed by atoms with Crippen molar-refractivity contribution >= 4 is 0 Å². The number of nitrogens with one attached hydrogen (secondary N) is 1. The van der Waals surface area contributed by atoms with Crippen molar-refractivity contribution in [3.05, 3.63) is 0 Å².